The summed E-state index contributed by atoms with van der Waals surface area (Å²) in [4.78, 5) is 12.4. The average Bonchev–Trinajstić information content (AvgIpc) is 2.30. The van der Waals surface area contributed by atoms with Crippen molar-refractivity contribution in [1.29, 1.82) is 0 Å². The minimum atomic E-state index is 0.0622. The Balaban J connectivity index is 2.02. The van der Waals surface area contributed by atoms with Crippen molar-refractivity contribution in [2.24, 2.45) is 0 Å². The summed E-state index contributed by atoms with van der Waals surface area (Å²) in [6.45, 7) is 3.86. The number of likely N-dealkylation sites (N-methyl/N-ethyl adjacent to an activating group) is 1. The summed E-state index contributed by atoms with van der Waals surface area (Å²) < 4.78 is 0. The third-order valence-electron chi connectivity index (χ3n) is 1.95. The van der Waals surface area contributed by atoms with Crippen molar-refractivity contribution in [3.63, 3.8) is 0 Å². The molecule has 1 aromatic carbocycles. The third-order valence-corrected chi connectivity index (χ3v) is 2.96. The molecule has 0 radical (unpaired) electrons. The molecule has 0 heterocycles. The van der Waals surface area contributed by atoms with Gasteiger partial charge in [-0.25, -0.2) is 0 Å². The molecule has 16 heavy (non-hydrogen) atoms. The molecule has 0 aliphatic rings. The molecule has 4 heteroatoms. The van der Waals surface area contributed by atoms with E-state index in [0.29, 0.717) is 13.1 Å². The Morgan fingerprint density at radius 3 is 2.75 bits per heavy atom. The Morgan fingerprint density at radius 1 is 1.31 bits per heavy atom. The maximum atomic E-state index is 11.1. The molecule has 0 fully saturated rings. The van der Waals surface area contributed by atoms with E-state index < -0.39 is 0 Å². The van der Waals surface area contributed by atoms with E-state index in [2.05, 4.69) is 22.8 Å². The van der Waals surface area contributed by atoms with Gasteiger partial charge in [-0.3, -0.25) is 4.79 Å². The lowest BCUT2D eigenvalue weighted by Crippen LogP contribution is -2.34. The second-order valence-electron chi connectivity index (χ2n) is 3.29. The lowest BCUT2D eigenvalue weighted by molar-refractivity contribution is -0.120. The molecule has 88 valence electrons. The fourth-order valence-electron chi connectivity index (χ4n) is 1.22. The van der Waals surface area contributed by atoms with Gasteiger partial charge in [-0.15, -0.1) is 11.8 Å². The molecule has 1 aromatic rings. The van der Waals surface area contributed by atoms with E-state index in [1.165, 1.54) is 4.90 Å². The first kappa shape index (κ1) is 13.1. The summed E-state index contributed by atoms with van der Waals surface area (Å²) in [6, 6.07) is 10.3. The maximum absolute atomic E-state index is 11.1. The van der Waals surface area contributed by atoms with Crippen LogP contribution in [0, 0.1) is 0 Å². The maximum Gasteiger partial charge on any atom is 0.233 e. The van der Waals surface area contributed by atoms with Crippen LogP contribution in [0.25, 0.3) is 0 Å². The Hall–Kier alpha value is -1.00. The number of hydrogen-bond donors (Lipinski definition) is 2. The number of rotatable bonds is 7. The summed E-state index contributed by atoms with van der Waals surface area (Å²) in [5, 5.41) is 5.85. The molecule has 0 saturated carbocycles. The van der Waals surface area contributed by atoms with Crippen molar-refractivity contribution < 1.29 is 4.79 Å². The number of nitrogens with one attached hydrogen (secondary N) is 2. The third kappa shape index (κ3) is 5.78. The van der Waals surface area contributed by atoms with Gasteiger partial charge in [0, 0.05) is 23.7 Å². The van der Waals surface area contributed by atoms with Crippen LogP contribution in [-0.4, -0.2) is 31.3 Å². The van der Waals surface area contributed by atoms with Crippen LogP contribution in [0.4, 0.5) is 0 Å². The van der Waals surface area contributed by atoms with Crippen LogP contribution in [-0.2, 0) is 4.79 Å². The molecule has 2 N–H and O–H groups in total. The average molecular weight is 238 g/mol. The van der Waals surface area contributed by atoms with E-state index in [9.17, 15) is 4.79 Å². The molecule has 0 saturated heterocycles. The van der Waals surface area contributed by atoms with E-state index >= 15 is 0 Å². The molecular weight excluding hydrogens is 220 g/mol. The lowest BCUT2D eigenvalue weighted by Gasteiger charge is -2.04. The van der Waals surface area contributed by atoms with Crippen molar-refractivity contribution in [1.82, 2.24) is 10.6 Å². The normalized spacial score (nSPS) is 10.1. The van der Waals surface area contributed by atoms with Gasteiger partial charge in [0.25, 0.3) is 0 Å². The number of carbonyl (C=O) groups is 1. The van der Waals surface area contributed by atoms with Crippen LogP contribution in [0.3, 0.4) is 0 Å². The number of hydrogen-bond acceptors (Lipinski definition) is 3. The molecule has 1 amide bonds. The minimum absolute atomic E-state index is 0.0622. The molecule has 1 rings (SSSR count). The number of carbonyl (C=O) groups excluding carboxylic acids is 1. The zero-order chi connectivity index (χ0) is 11.6. The molecule has 0 bridgehead atoms. The van der Waals surface area contributed by atoms with E-state index in [0.717, 1.165) is 12.3 Å². The number of thioether (sulfide) groups is 1. The topological polar surface area (TPSA) is 41.1 Å². The Kier molecular flexibility index (Phi) is 6.69. The van der Waals surface area contributed by atoms with Crippen LogP contribution in [0.1, 0.15) is 6.92 Å². The number of amides is 1. The van der Waals surface area contributed by atoms with Crippen molar-refractivity contribution in [3.05, 3.63) is 30.3 Å². The zero-order valence-electron chi connectivity index (χ0n) is 9.53. The second kappa shape index (κ2) is 8.19. The van der Waals surface area contributed by atoms with Gasteiger partial charge in [0.15, 0.2) is 0 Å². The fourth-order valence-corrected chi connectivity index (χ4v) is 2.05. The summed E-state index contributed by atoms with van der Waals surface area (Å²) in [6.07, 6.45) is 0. The smallest absolute Gasteiger partial charge is 0.233 e. The quantitative estimate of drug-likeness (QED) is 0.559. The van der Waals surface area contributed by atoms with E-state index in [1.54, 1.807) is 11.8 Å². The van der Waals surface area contributed by atoms with Crippen LogP contribution in [0.2, 0.25) is 0 Å². The first-order valence-electron chi connectivity index (χ1n) is 5.48. The Bertz CT molecular complexity index is 303. The molecule has 0 aliphatic carbocycles. The molecule has 3 nitrogen and oxygen atoms in total. The minimum Gasteiger partial charge on any atom is -0.355 e. The van der Waals surface area contributed by atoms with Crippen molar-refractivity contribution in [2.75, 3.05) is 25.4 Å². The second-order valence-corrected chi connectivity index (χ2v) is 4.46. The molecule has 0 unspecified atom stereocenters. The Morgan fingerprint density at radius 2 is 2.06 bits per heavy atom. The van der Waals surface area contributed by atoms with E-state index in [4.69, 9.17) is 0 Å². The standard InChI is InChI=1S/C12H18N2OS/c1-2-14-12(15)10-13-8-9-16-11-6-4-3-5-7-11/h3-7,13H,2,8-10H2,1H3,(H,14,15). The van der Waals surface area contributed by atoms with Gasteiger partial charge in [-0.1, -0.05) is 18.2 Å². The molecular formula is C12H18N2OS. The van der Waals surface area contributed by atoms with E-state index in [-0.39, 0.29) is 5.91 Å². The highest BCUT2D eigenvalue weighted by molar-refractivity contribution is 7.99. The van der Waals surface area contributed by atoms with Crippen LogP contribution in [0.15, 0.2) is 35.2 Å². The summed E-state index contributed by atoms with van der Waals surface area (Å²) in [5.74, 6) is 1.04. The van der Waals surface area contributed by atoms with Gasteiger partial charge in [-0.2, -0.15) is 0 Å². The molecule has 0 aliphatic heterocycles. The van der Waals surface area contributed by atoms with Crippen molar-refractivity contribution >= 4 is 17.7 Å². The molecule has 0 aromatic heterocycles. The monoisotopic (exact) mass is 238 g/mol. The summed E-state index contributed by atoms with van der Waals surface area (Å²) in [5.41, 5.74) is 0. The van der Waals surface area contributed by atoms with Crippen LogP contribution in [0.5, 0.6) is 0 Å². The van der Waals surface area contributed by atoms with Gasteiger partial charge >= 0.3 is 0 Å². The summed E-state index contributed by atoms with van der Waals surface area (Å²) >= 11 is 1.79. The Labute approximate surface area is 101 Å². The van der Waals surface area contributed by atoms with Crippen LogP contribution < -0.4 is 10.6 Å². The zero-order valence-corrected chi connectivity index (χ0v) is 10.3. The van der Waals surface area contributed by atoms with E-state index in [1.807, 2.05) is 25.1 Å². The SMILES string of the molecule is CCNC(=O)CNCCSc1ccccc1. The molecule has 0 spiro atoms. The highest BCUT2D eigenvalue weighted by Gasteiger charge is 1.97. The summed E-state index contributed by atoms with van der Waals surface area (Å²) in [7, 11) is 0. The highest BCUT2D eigenvalue weighted by atomic mass is 32.2. The highest BCUT2D eigenvalue weighted by Crippen LogP contribution is 2.15. The predicted molar refractivity (Wildman–Crippen MR) is 68.7 cm³/mol. The van der Waals surface area contributed by atoms with Gasteiger partial charge < -0.3 is 10.6 Å². The van der Waals surface area contributed by atoms with Gasteiger partial charge in [0.05, 0.1) is 6.54 Å². The first-order chi connectivity index (χ1) is 7.83. The van der Waals surface area contributed by atoms with Gasteiger partial charge in [-0.05, 0) is 19.1 Å². The lowest BCUT2D eigenvalue weighted by atomic mass is 10.4. The first-order valence-corrected chi connectivity index (χ1v) is 6.46. The fraction of sp³-hybridized carbons (Fsp3) is 0.417. The predicted octanol–water partition coefficient (Wildman–Crippen LogP) is 1.50. The van der Waals surface area contributed by atoms with Gasteiger partial charge in [0.1, 0.15) is 0 Å². The largest absolute Gasteiger partial charge is 0.355 e. The van der Waals surface area contributed by atoms with Gasteiger partial charge in [0.2, 0.25) is 5.91 Å². The molecule has 0 atom stereocenters. The number of benzene rings is 1. The van der Waals surface area contributed by atoms with Crippen molar-refractivity contribution in [2.45, 2.75) is 11.8 Å². The van der Waals surface area contributed by atoms with Crippen LogP contribution >= 0.6 is 11.8 Å². The van der Waals surface area contributed by atoms with Crippen molar-refractivity contribution in [3.8, 4) is 0 Å².